The highest BCUT2D eigenvalue weighted by Gasteiger charge is 2.12. The molecule has 0 aromatic heterocycles. The summed E-state index contributed by atoms with van der Waals surface area (Å²) in [6, 6.07) is 4.25. The van der Waals surface area contributed by atoms with Gasteiger partial charge < -0.3 is 16.2 Å². The number of phenolic OH excluding ortho intramolecular Hbond substituents is 1. The summed E-state index contributed by atoms with van der Waals surface area (Å²) in [4.78, 5) is 11.4. The fourth-order valence-electron chi connectivity index (χ4n) is 1.02. The van der Waals surface area contributed by atoms with Crippen LogP contribution in [0.25, 0.3) is 0 Å². The summed E-state index contributed by atoms with van der Waals surface area (Å²) < 4.78 is 0.778. The first-order valence-electron chi connectivity index (χ1n) is 4.59. The third-order valence-corrected chi connectivity index (χ3v) is 2.49. The second-order valence-electron chi connectivity index (χ2n) is 3.17. The van der Waals surface area contributed by atoms with Crippen molar-refractivity contribution in [2.24, 2.45) is 5.73 Å². The van der Waals surface area contributed by atoms with Crippen molar-refractivity contribution in [2.45, 2.75) is 19.4 Å². The van der Waals surface area contributed by atoms with Crippen LogP contribution in [0.15, 0.2) is 22.7 Å². The summed E-state index contributed by atoms with van der Waals surface area (Å²) in [5.41, 5.74) is 5.91. The maximum Gasteiger partial charge on any atom is 0.241 e. The average Bonchev–Trinajstić information content (AvgIpc) is 2.22. The Bertz CT molecular complexity index is 368. The van der Waals surface area contributed by atoms with E-state index in [0.717, 1.165) is 4.47 Å². The monoisotopic (exact) mass is 272 g/mol. The fourth-order valence-corrected chi connectivity index (χ4v) is 1.38. The molecule has 4 N–H and O–H groups in total. The van der Waals surface area contributed by atoms with Gasteiger partial charge in [0.05, 0.1) is 11.7 Å². The van der Waals surface area contributed by atoms with Gasteiger partial charge in [-0.3, -0.25) is 4.79 Å². The van der Waals surface area contributed by atoms with E-state index in [1.807, 2.05) is 6.92 Å². The Labute approximate surface area is 96.6 Å². The SMILES string of the molecule is CCC(N)C(=O)Nc1cc(Br)ccc1O. The Morgan fingerprint density at radius 2 is 2.33 bits per heavy atom. The molecule has 1 atom stereocenters. The number of amides is 1. The van der Waals surface area contributed by atoms with Crippen molar-refractivity contribution in [1.29, 1.82) is 0 Å². The highest BCUT2D eigenvalue weighted by Crippen LogP contribution is 2.26. The zero-order chi connectivity index (χ0) is 11.4. The summed E-state index contributed by atoms with van der Waals surface area (Å²) >= 11 is 3.25. The molecule has 1 amide bonds. The van der Waals surface area contributed by atoms with Gasteiger partial charge in [-0.15, -0.1) is 0 Å². The minimum atomic E-state index is -0.552. The molecule has 0 saturated carbocycles. The highest BCUT2D eigenvalue weighted by molar-refractivity contribution is 9.10. The van der Waals surface area contributed by atoms with Crippen LogP contribution in [0.5, 0.6) is 5.75 Å². The summed E-state index contributed by atoms with van der Waals surface area (Å²) in [7, 11) is 0. The number of anilines is 1. The molecule has 1 unspecified atom stereocenters. The van der Waals surface area contributed by atoms with E-state index in [0.29, 0.717) is 12.1 Å². The first-order valence-corrected chi connectivity index (χ1v) is 5.39. The van der Waals surface area contributed by atoms with Crippen molar-refractivity contribution >= 4 is 27.5 Å². The number of benzene rings is 1. The lowest BCUT2D eigenvalue weighted by atomic mass is 10.2. The van der Waals surface area contributed by atoms with E-state index in [9.17, 15) is 9.90 Å². The molecule has 0 spiro atoms. The van der Waals surface area contributed by atoms with Crippen LogP contribution in [0.3, 0.4) is 0 Å². The van der Waals surface area contributed by atoms with Crippen molar-refractivity contribution in [2.75, 3.05) is 5.32 Å². The minimum Gasteiger partial charge on any atom is -0.506 e. The Balaban J connectivity index is 2.80. The topological polar surface area (TPSA) is 75.4 Å². The van der Waals surface area contributed by atoms with Crippen LogP contribution < -0.4 is 11.1 Å². The normalized spacial score (nSPS) is 12.2. The molecule has 0 aliphatic carbocycles. The van der Waals surface area contributed by atoms with E-state index in [-0.39, 0.29) is 11.7 Å². The molecule has 0 saturated heterocycles. The summed E-state index contributed by atoms with van der Waals surface area (Å²) in [6.45, 7) is 1.82. The van der Waals surface area contributed by atoms with Crippen LogP contribution >= 0.6 is 15.9 Å². The van der Waals surface area contributed by atoms with Crippen molar-refractivity contribution in [3.8, 4) is 5.75 Å². The van der Waals surface area contributed by atoms with E-state index >= 15 is 0 Å². The van der Waals surface area contributed by atoms with Crippen molar-refractivity contribution < 1.29 is 9.90 Å². The second-order valence-corrected chi connectivity index (χ2v) is 4.08. The number of carbonyl (C=O) groups excluding carboxylic acids is 1. The van der Waals surface area contributed by atoms with E-state index in [4.69, 9.17) is 5.73 Å². The summed E-state index contributed by atoms with van der Waals surface area (Å²) in [6.07, 6.45) is 0.556. The van der Waals surface area contributed by atoms with Crippen LogP contribution in [0.1, 0.15) is 13.3 Å². The van der Waals surface area contributed by atoms with Gasteiger partial charge >= 0.3 is 0 Å². The molecular weight excluding hydrogens is 260 g/mol. The van der Waals surface area contributed by atoms with Crippen molar-refractivity contribution in [1.82, 2.24) is 0 Å². The van der Waals surface area contributed by atoms with Gasteiger partial charge in [-0.25, -0.2) is 0 Å². The number of nitrogens with one attached hydrogen (secondary N) is 1. The van der Waals surface area contributed by atoms with Crippen LogP contribution in [0.2, 0.25) is 0 Å². The number of rotatable bonds is 3. The largest absolute Gasteiger partial charge is 0.506 e. The second kappa shape index (κ2) is 5.14. The first-order chi connectivity index (χ1) is 7.04. The van der Waals surface area contributed by atoms with E-state index in [1.165, 1.54) is 6.07 Å². The van der Waals surface area contributed by atoms with Gasteiger partial charge in [0.25, 0.3) is 0 Å². The van der Waals surface area contributed by atoms with Crippen molar-refractivity contribution in [3.05, 3.63) is 22.7 Å². The number of halogens is 1. The predicted octanol–water partition coefficient (Wildman–Crippen LogP) is 1.83. The molecule has 1 rings (SSSR count). The number of hydrogen-bond donors (Lipinski definition) is 3. The number of hydrogen-bond acceptors (Lipinski definition) is 3. The highest BCUT2D eigenvalue weighted by atomic mass is 79.9. The van der Waals surface area contributed by atoms with Crippen LogP contribution in [-0.2, 0) is 4.79 Å². The number of carbonyl (C=O) groups is 1. The molecule has 4 nitrogen and oxygen atoms in total. The predicted molar refractivity (Wildman–Crippen MR) is 62.7 cm³/mol. The van der Waals surface area contributed by atoms with Gasteiger partial charge in [0.2, 0.25) is 5.91 Å². The number of phenols is 1. The van der Waals surface area contributed by atoms with E-state index < -0.39 is 6.04 Å². The molecular formula is C10H13BrN2O2. The van der Waals surface area contributed by atoms with Gasteiger partial charge in [-0.05, 0) is 24.6 Å². The van der Waals surface area contributed by atoms with Crippen LogP contribution in [0, 0.1) is 0 Å². The third-order valence-electron chi connectivity index (χ3n) is 1.99. The smallest absolute Gasteiger partial charge is 0.241 e. The molecule has 0 aliphatic heterocycles. The quantitative estimate of drug-likeness (QED) is 0.735. The average molecular weight is 273 g/mol. The molecule has 0 aliphatic rings. The van der Waals surface area contributed by atoms with Crippen molar-refractivity contribution in [3.63, 3.8) is 0 Å². The minimum absolute atomic E-state index is 0.0230. The van der Waals surface area contributed by atoms with Gasteiger partial charge in [-0.1, -0.05) is 22.9 Å². The Hall–Kier alpha value is -1.07. The van der Waals surface area contributed by atoms with Gasteiger partial charge in [-0.2, -0.15) is 0 Å². The molecule has 0 bridgehead atoms. The lowest BCUT2D eigenvalue weighted by molar-refractivity contribution is -0.117. The molecule has 82 valence electrons. The molecule has 5 heteroatoms. The fraction of sp³-hybridized carbons (Fsp3) is 0.300. The maximum absolute atomic E-state index is 11.4. The molecule has 1 aromatic carbocycles. The van der Waals surface area contributed by atoms with E-state index in [1.54, 1.807) is 12.1 Å². The Morgan fingerprint density at radius 1 is 1.67 bits per heavy atom. The summed E-state index contributed by atoms with van der Waals surface area (Å²) in [5, 5.41) is 12.0. The Kier molecular flexibility index (Phi) is 4.11. The third kappa shape index (κ3) is 3.21. The number of aromatic hydroxyl groups is 1. The zero-order valence-corrected chi connectivity index (χ0v) is 9.91. The molecule has 0 heterocycles. The lowest BCUT2D eigenvalue weighted by Gasteiger charge is -2.11. The zero-order valence-electron chi connectivity index (χ0n) is 8.33. The van der Waals surface area contributed by atoms with Crippen LogP contribution in [-0.4, -0.2) is 17.1 Å². The van der Waals surface area contributed by atoms with Gasteiger partial charge in [0, 0.05) is 4.47 Å². The molecule has 15 heavy (non-hydrogen) atoms. The van der Waals surface area contributed by atoms with Crippen LogP contribution in [0.4, 0.5) is 5.69 Å². The number of nitrogens with two attached hydrogens (primary N) is 1. The van der Waals surface area contributed by atoms with Gasteiger partial charge in [0.15, 0.2) is 0 Å². The molecule has 0 radical (unpaired) electrons. The molecule has 1 aromatic rings. The van der Waals surface area contributed by atoms with E-state index in [2.05, 4.69) is 21.2 Å². The lowest BCUT2D eigenvalue weighted by Crippen LogP contribution is -2.34. The Morgan fingerprint density at radius 3 is 2.93 bits per heavy atom. The maximum atomic E-state index is 11.4. The summed E-state index contributed by atoms with van der Waals surface area (Å²) in [5.74, 6) is -0.277. The van der Waals surface area contributed by atoms with Gasteiger partial charge in [0.1, 0.15) is 5.75 Å². The first kappa shape index (κ1) is 12.0. The standard InChI is InChI=1S/C10H13BrN2O2/c1-2-7(12)10(15)13-8-5-6(11)3-4-9(8)14/h3-5,7,14H,2,12H2,1H3,(H,13,15). The molecule has 0 fully saturated rings.